The predicted octanol–water partition coefficient (Wildman–Crippen LogP) is 4.62. The normalized spacial score (nSPS) is 16.7. The molecule has 0 aliphatic heterocycles. The number of aromatic amines is 1. The van der Waals surface area contributed by atoms with E-state index in [0.717, 1.165) is 40.0 Å². The Kier molecular flexibility index (Phi) is 3.65. The number of para-hydroxylation sites is 2. The van der Waals surface area contributed by atoms with Crippen molar-refractivity contribution >= 4 is 28.4 Å². The summed E-state index contributed by atoms with van der Waals surface area (Å²) in [5.41, 5.74) is 5.36. The topological polar surface area (TPSA) is 63.6 Å². The molecular formula is C21H17ClN4O. The van der Waals surface area contributed by atoms with Gasteiger partial charge >= 0.3 is 0 Å². The number of carbonyl (C=O) groups is 1. The highest BCUT2D eigenvalue weighted by Gasteiger charge is 2.32. The number of carbonyl (C=O) groups excluding carboxylic acids is 1. The molecule has 1 aliphatic rings. The zero-order valence-electron chi connectivity index (χ0n) is 14.7. The number of H-pyrrole nitrogens is 1. The monoisotopic (exact) mass is 376 g/mol. The smallest absolute Gasteiger partial charge is 0.229 e. The van der Waals surface area contributed by atoms with Crippen molar-refractivity contribution in [1.29, 1.82) is 0 Å². The minimum Gasteiger partial charge on any atom is -0.322 e. The van der Waals surface area contributed by atoms with Crippen LogP contribution in [0.4, 0.5) is 0 Å². The third-order valence-electron chi connectivity index (χ3n) is 5.23. The Bertz CT molecular complexity index is 1140. The number of aryl methyl sites for hydroxylation is 1. The molecule has 5 rings (SSSR count). The summed E-state index contributed by atoms with van der Waals surface area (Å²) in [4.78, 5) is 20.8. The van der Waals surface area contributed by atoms with Gasteiger partial charge in [0.1, 0.15) is 0 Å². The van der Waals surface area contributed by atoms with Crippen molar-refractivity contribution in [3.05, 3.63) is 76.1 Å². The van der Waals surface area contributed by atoms with E-state index in [0.29, 0.717) is 17.4 Å². The number of fused-ring (bicyclic) bond motifs is 2. The van der Waals surface area contributed by atoms with Gasteiger partial charge < -0.3 is 4.98 Å². The number of hydrogen-bond donors (Lipinski definition) is 1. The van der Waals surface area contributed by atoms with Crippen LogP contribution in [0, 0.1) is 6.92 Å². The van der Waals surface area contributed by atoms with Crippen LogP contribution < -0.4 is 0 Å². The number of hydrogen-bond acceptors (Lipinski definition) is 3. The van der Waals surface area contributed by atoms with Gasteiger partial charge in [0.05, 0.1) is 28.0 Å². The largest absolute Gasteiger partial charge is 0.322 e. The lowest BCUT2D eigenvalue weighted by Gasteiger charge is -2.22. The van der Waals surface area contributed by atoms with Crippen molar-refractivity contribution in [2.24, 2.45) is 0 Å². The quantitative estimate of drug-likeness (QED) is 0.555. The minimum absolute atomic E-state index is 0.112. The van der Waals surface area contributed by atoms with E-state index in [1.54, 1.807) is 4.68 Å². The molecule has 0 radical (unpaired) electrons. The van der Waals surface area contributed by atoms with Crippen molar-refractivity contribution in [3.8, 4) is 5.95 Å². The average molecular weight is 377 g/mol. The van der Waals surface area contributed by atoms with E-state index < -0.39 is 0 Å². The van der Waals surface area contributed by atoms with Crippen LogP contribution in [0.5, 0.6) is 0 Å². The second kappa shape index (κ2) is 6.06. The molecule has 0 saturated carbocycles. The molecule has 1 atom stereocenters. The molecule has 1 aliphatic carbocycles. The van der Waals surface area contributed by atoms with Gasteiger partial charge in [-0.05, 0) is 49.1 Å². The number of halogens is 1. The molecule has 0 saturated heterocycles. The lowest BCUT2D eigenvalue weighted by Crippen LogP contribution is -2.20. The molecule has 0 spiro atoms. The molecule has 2 heterocycles. The summed E-state index contributed by atoms with van der Waals surface area (Å²) in [5.74, 6) is 0.891. The fourth-order valence-electron chi connectivity index (χ4n) is 3.94. The second-order valence-electron chi connectivity index (χ2n) is 6.98. The van der Waals surface area contributed by atoms with Crippen LogP contribution in [0.15, 0.2) is 48.5 Å². The van der Waals surface area contributed by atoms with Gasteiger partial charge in [0.25, 0.3) is 0 Å². The molecule has 4 aromatic rings. The van der Waals surface area contributed by atoms with Crippen LogP contribution in [0.25, 0.3) is 17.0 Å². The predicted molar refractivity (Wildman–Crippen MR) is 105 cm³/mol. The third-order valence-corrected chi connectivity index (χ3v) is 5.48. The summed E-state index contributed by atoms with van der Waals surface area (Å²) in [6.45, 7) is 1.89. The molecule has 2 aromatic carbocycles. The minimum atomic E-state index is 0.112. The maximum Gasteiger partial charge on any atom is 0.229 e. The van der Waals surface area contributed by atoms with Crippen LogP contribution in [0.1, 0.15) is 39.6 Å². The third kappa shape index (κ3) is 2.66. The Balaban J connectivity index is 1.61. The van der Waals surface area contributed by atoms with Gasteiger partial charge in [0.2, 0.25) is 5.95 Å². The van der Waals surface area contributed by atoms with Gasteiger partial charge in [0.15, 0.2) is 5.78 Å². The highest BCUT2D eigenvalue weighted by molar-refractivity contribution is 6.30. The maximum atomic E-state index is 12.9. The molecule has 0 amide bonds. The van der Waals surface area contributed by atoms with Crippen LogP contribution >= 0.6 is 11.6 Å². The van der Waals surface area contributed by atoms with Crippen LogP contribution in [-0.2, 0) is 6.42 Å². The molecular weight excluding hydrogens is 360 g/mol. The molecule has 2 aromatic heterocycles. The summed E-state index contributed by atoms with van der Waals surface area (Å²) < 4.78 is 1.80. The first-order valence-corrected chi connectivity index (χ1v) is 9.30. The fourth-order valence-corrected chi connectivity index (χ4v) is 4.07. The average Bonchev–Trinajstić information content (AvgIpc) is 3.23. The van der Waals surface area contributed by atoms with Gasteiger partial charge in [-0.1, -0.05) is 35.9 Å². The van der Waals surface area contributed by atoms with E-state index in [4.69, 9.17) is 11.6 Å². The number of Topliss-reactive ketones (excluding diaryl/α,β-unsaturated/α-hetero) is 1. The van der Waals surface area contributed by atoms with Crippen LogP contribution in [0.3, 0.4) is 0 Å². The Hall–Kier alpha value is -2.92. The molecule has 134 valence electrons. The van der Waals surface area contributed by atoms with E-state index in [-0.39, 0.29) is 11.7 Å². The van der Waals surface area contributed by atoms with Gasteiger partial charge in [-0.25, -0.2) is 9.67 Å². The van der Waals surface area contributed by atoms with Crippen molar-refractivity contribution in [2.75, 3.05) is 0 Å². The van der Waals surface area contributed by atoms with Gasteiger partial charge in [0, 0.05) is 11.4 Å². The standard InChI is InChI=1S/C21H17ClN4O/c1-12-20-18(10-14(11-19(20)27)13-6-8-15(22)9-7-13)26(25-12)21-23-16-4-2-3-5-17(16)24-21/h2-9,14H,10-11H2,1H3,(H,23,24). The maximum absolute atomic E-state index is 12.9. The Morgan fingerprint density at radius 3 is 2.67 bits per heavy atom. The van der Waals surface area contributed by atoms with Crippen LogP contribution in [0.2, 0.25) is 5.02 Å². The molecule has 0 bridgehead atoms. The van der Waals surface area contributed by atoms with Crippen molar-refractivity contribution < 1.29 is 4.79 Å². The number of benzene rings is 2. The zero-order valence-corrected chi connectivity index (χ0v) is 15.5. The van der Waals surface area contributed by atoms with Crippen molar-refractivity contribution in [1.82, 2.24) is 19.7 Å². The Labute approximate surface area is 161 Å². The van der Waals surface area contributed by atoms with E-state index in [2.05, 4.69) is 15.1 Å². The number of aromatic nitrogens is 4. The molecule has 1 N–H and O–H groups in total. The highest BCUT2D eigenvalue weighted by atomic mass is 35.5. The molecule has 1 unspecified atom stereocenters. The van der Waals surface area contributed by atoms with E-state index in [9.17, 15) is 4.79 Å². The van der Waals surface area contributed by atoms with Gasteiger partial charge in [-0.3, -0.25) is 4.79 Å². The van der Waals surface area contributed by atoms with E-state index in [1.165, 1.54) is 0 Å². The molecule has 27 heavy (non-hydrogen) atoms. The lowest BCUT2D eigenvalue weighted by atomic mass is 9.81. The van der Waals surface area contributed by atoms with Crippen molar-refractivity contribution in [2.45, 2.75) is 25.7 Å². The van der Waals surface area contributed by atoms with Gasteiger partial charge in [-0.2, -0.15) is 5.10 Å². The summed E-state index contributed by atoms with van der Waals surface area (Å²) >= 11 is 6.01. The first-order valence-electron chi connectivity index (χ1n) is 8.92. The number of ketones is 1. The number of nitrogens with one attached hydrogen (secondary N) is 1. The fraction of sp³-hybridized carbons (Fsp3) is 0.190. The van der Waals surface area contributed by atoms with Crippen LogP contribution in [-0.4, -0.2) is 25.5 Å². The van der Waals surface area contributed by atoms with E-state index >= 15 is 0 Å². The number of imidazole rings is 1. The first-order chi connectivity index (χ1) is 13.1. The van der Waals surface area contributed by atoms with E-state index in [1.807, 2.05) is 55.5 Å². The van der Waals surface area contributed by atoms with Crippen molar-refractivity contribution in [3.63, 3.8) is 0 Å². The summed E-state index contributed by atoms with van der Waals surface area (Å²) in [5, 5.41) is 5.33. The second-order valence-corrected chi connectivity index (χ2v) is 7.41. The Morgan fingerprint density at radius 1 is 1.11 bits per heavy atom. The number of nitrogens with zero attached hydrogens (tertiary/aromatic N) is 3. The lowest BCUT2D eigenvalue weighted by molar-refractivity contribution is 0.0963. The molecule has 6 heteroatoms. The summed E-state index contributed by atoms with van der Waals surface area (Å²) in [6, 6.07) is 15.6. The molecule has 0 fully saturated rings. The number of rotatable bonds is 2. The molecule has 5 nitrogen and oxygen atoms in total. The SMILES string of the molecule is Cc1nn(-c2nc3ccccc3[nH]2)c2c1C(=O)CC(c1ccc(Cl)cc1)C2. The summed E-state index contributed by atoms with van der Waals surface area (Å²) in [6.07, 6.45) is 1.22. The summed E-state index contributed by atoms with van der Waals surface area (Å²) in [7, 11) is 0. The Morgan fingerprint density at radius 2 is 1.89 bits per heavy atom. The highest BCUT2D eigenvalue weighted by Crippen LogP contribution is 2.35. The van der Waals surface area contributed by atoms with Gasteiger partial charge in [-0.15, -0.1) is 0 Å². The first kappa shape index (κ1) is 16.3. The zero-order chi connectivity index (χ0) is 18.5.